The van der Waals surface area contributed by atoms with Gasteiger partial charge in [-0.15, -0.1) is 0 Å². The van der Waals surface area contributed by atoms with Crippen LogP contribution in [0.1, 0.15) is 45.3 Å². The third-order valence-electron chi connectivity index (χ3n) is 5.00. The van der Waals surface area contributed by atoms with Gasteiger partial charge < -0.3 is 10.6 Å². The van der Waals surface area contributed by atoms with E-state index in [1.165, 1.54) is 0 Å². The molecule has 6 heteroatoms. The maximum Gasteiger partial charge on any atom is 0.272 e. The summed E-state index contributed by atoms with van der Waals surface area (Å²) in [4.78, 5) is 35.5. The number of likely N-dealkylation sites (tertiary alicyclic amines) is 1. The van der Waals surface area contributed by atoms with Gasteiger partial charge in [0.1, 0.15) is 5.69 Å². The zero-order valence-electron chi connectivity index (χ0n) is 14.8. The summed E-state index contributed by atoms with van der Waals surface area (Å²) < 4.78 is 0. The van der Waals surface area contributed by atoms with E-state index in [4.69, 9.17) is 10.7 Å². The molecule has 1 aromatic carbocycles. The molecule has 3 heterocycles. The molecular formula is C21H20N4O2. The maximum absolute atomic E-state index is 12.8. The van der Waals surface area contributed by atoms with Crippen LogP contribution in [0.15, 0.2) is 54.7 Å². The highest BCUT2D eigenvalue weighted by molar-refractivity contribution is 5.98. The van der Waals surface area contributed by atoms with Crippen molar-refractivity contribution in [1.82, 2.24) is 14.9 Å². The molecule has 1 fully saturated rings. The van der Waals surface area contributed by atoms with Gasteiger partial charge in [0.15, 0.2) is 0 Å². The zero-order valence-corrected chi connectivity index (χ0v) is 14.8. The van der Waals surface area contributed by atoms with E-state index in [1.54, 1.807) is 35.4 Å². The Labute approximate surface area is 157 Å². The molecule has 0 saturated carbocycles. The van der Waals surface area contributed by atoms with Crippen LogP contribution in [-0.4, -0.2) is 39.8 Å². The van der Waals surface area contributed by atoms with E-state index in [0.29, 0.717) is 30.0 Å². The van der Waals surface area contributed by atoms with E-state index in [1.807, 2.05) is 24.3 Å². The summed E-state index contributed by atoms with van der Waals surface area (Å²) in [5.74, 6) is -0.614. The van der Waals surface area contributed by atoms with Crippen molar-refractivity contribution in [1.29, 1.82) is 0 Å². The van der Waals surface area contributed by atoms with E-state index in [2.05, 4.69) is 4.98 Å². The molecule has 27 heavy (non-hydrogen) atoms. The fourth-order valence-corrected chi connectivity index (χ4v) is 3.68. The van der Waals surface area contributed by atoms with E-state index >= 15 is 0 Å². The summed E-state index contributed by atoms with van der Waals surface area (Å²) in [5, 5.41) is 0.882. The summed E-state index contributed by atoms with van der Waals surface area (Å²) in [7, 11) is 0. The van der Waals surface area contributed by atoms with Crippen LogP contribution in [0, 0.1) is 0 Å². The van der Waals surface area contributed by atoms with Crippen LogP contribution in [-0.2, 0) is 0 Å². The Bertz CT molecular complexity index is 1000. The van der Waals surface area contributed by atoms with Crippen LogP contribution < -0.4 is 5.73 Å². The molecule has 1 atom stereocenters. The van der Waals surface area contributed by atoms with E-state index in [9.17, 15) is 9.59 Å². The van der Waals surface area contributed by atoms with Gasteiger partial charge in [-0.3, -0.25) is 19.6 Å². The smallest absolute Gasteiger partial charge is 0.272 e. The van der Waals surface area contributed by atoms with E-state index in [-0.39, 0.29) is 11.8 Å². The van der Waals surface area contributed by atoms with Crippen LogP contribution in [0.3, 0.4) is 0 Å². The van der Waals surface area contributed by atoms with Crippen molar-refractivity contribution in [2.24, 2.45) is 5.73 Å². The van der Waals surface area contributed by atoms with Crippen molar-refractivity contribution in [3.8, 4) is 0 Å². The second kappa shape index (κ2) is 7.15. The number of carbonyl (C=O) groups excluding carboxylic acids is 2. The molecule has 0 bridgehead atoms. The van der Waals surface area contributed by atoms with Gasteiger partial charge in [-0.25, -0.2) is 0 Å². The number of pyridine rings is 2. The lowest BCUT2D eigenvalue weighted by Crippen LogP contribution is -2.40. The molecular weight excluding hydrogens is 340 g/mol. The number of primary amides is 1. The standard InChI is InChI=1S/C21H20N4O2/c22-20(26)16-12-14-6-1-2-8-17(14)24-19(16)15-7-5-11-25(13-15)21(27)18-9-3-4-10-23-18/h1-4,6,8-10,12,15H,5,7,11,13H2,(H2,22,26)/t15-/m0/s1. The number of piperidine rings is 1. The number of carbonyl (C=O) groups is 2. The number of hydrogen-bond donors (Lipinski definition) is 1. The van der Waals surface area contributed by atoms with Crippen molar-refractivity contribution >= 4 is 22.7 Å². The second-order valence-electron chi connectivity index (χ2n) is 6.78. The topological polar surface area (TPSA) is 89.2 Å². The average molecular weight is 360 g/mol. The minimum absolute atomic E-state index is 0.0291. The summed E-state index contributed by atoms with van der Waals surface area (Å²) in [6, 6.07) is 14.8. The van der Waals surface area contributed by atoms with Gasteiger partial charge in [0.25, 0.3) is 11.8 Å². The first-order valence-electron chi connectivity index (χ1n) is 9.03. The SMILES string of the molecule is NC(=O)c1cc2ccccc2nc1[C@H]1CCCN(C(=O)c2ccccn2)C1. The molecule has 0 aliphatic carbocycles. The average Bonchev–Trinajstić information content (AvgIpc) is 2.73. The lowest BCUT2D eigenvalue weighted by molar-refractivity contribution is 0.0700. The van der Waals surface area contributed by atoms with Gasteiger partial charge in [0, 0.05) is 30.6 Å². The molecule has 4 rings (SSSR count). The molecule has 136 valence electrons. The first-order chi connectivity index (χ1) is 13.1. The number of benzene rings is 1. The van der Waals surface area contributed by atoms with Crippen LogP contribution in [0.25, 0.3) is 10.9 Å². The van der Waals surface area contributed by atoms with Crippen LogP contribution in [0.4, 0.5) is 0 Å². The zero-order chi connectivity index (χ0) is 18.8. The molecule has 1 saturated heterocycles. The molecule has 1 aliphatic heterocycles. The van der Waals surface area contributed by atoms with Crippen molar-refractivity contribution in [3.63, 3.8) is 0 Å². The van der Waals surface area contributed by atoms with Gasteiger partial charge >= 0.3 is 0 Å². The molecule has 2 amide bonds. The van der Waals surface area contributed by atoms with Crippen LogP contribution in [0.2, 0.25) is 0 Å². The largest absolute Gasteiger partial charge is 0.366 e. The first kappa shape index (κ1) is 17.1. The highest BCUT2D eigenvalue weighted by atomic mass is 16.2. The number of fused-ring (bicyclic) bond motifs is 1. The molecule has 0 radical (unpaired) electrons. The fraction of sp³-hybridized carbons (Fsp3) is 0.238. The van der Waals surface area contributed by atoms with Crippen molar-refractivity contribution in [2.75, 3.05) is 13.1 Å². The third kappa shape index (κ3) is 3.38. The summed E-state index contributed by atoms with van der Waals surface area (Å²) in [6.45, 7) is 1.17. The highest BCUT2D eigenvalue weighted by Crippen LogP contribution is 2.30. The lowest BCUT2D eigenvalue weighted by Gasteiger charge is -2.33. The van der Waals surface area contributed by atoms with Crippen molar-refractivity contribution < 1.29 is 9.59 Å². The Hall–Kier alpha value is -3.28. The second-order valence-corrected chi connectivity index (χ2v) is 6.78. The van der Waals surface area contributed by atoms with Crippen molar-refractivity contribution in [3.05, 3.63) is 71.7 Å². The Morgan fingerprint density at radius 1 is 1.11 bits per heavy atom. The lowest BCUT2D eigenvalue weighted by atomic mass is 9.90. The number of nitrogens with two attached hydrogens (primary N) is 1. The first-order valence-corrected chi connectivity index (χ1v) is 9.03. The molecule has 2 N–H and O–H groups in total. The number of amides is 2. The Morgan fingerprint density at radius 2 is 1.93 bits per heavy atom. The Kier molecular flexibility index (Phi) is 4.54. The normalized spacial score (nSPS) is 17.0. The Morgan fingerprint density at radius 3 is 2.70 bits per heavy atom. The highest BCUT2D eigenvalue weighted by Gasteiger charge is 2.29. The summed E-state index contributed by atoms with van der Waals surface area (Å²) in [6.07, 6.45) is 3.32. The van der Waals surface area contributed by atoms with E-state index in [0.717, 1.165) is 23.7 Å². The molecule has 1 aliphatic rings. The number of aromatic nitrogens is 2. The van der Waals surface area contributed by atoms with Gasteiger partial charge in [-0.2, -0.15) is 0 Å². The molecule has 6 nitrogen and oxygen atoms in total. The maximum atomic E-state index is 12.8. The monoisotopic (exact) mass is 360 g/mol. The molecule has 0 unspecified atom stereocenters. The summed E-state index contributed by atoms with van der Waals surface area (Å²) in [5.41, 5.74) is 8.00. The van der Waals surface area contributed by atoms with Crippen LogP contribution in [0.5, 0.6) is 0 Å². The molecule has 3 aromatic rings. The Balaban J connectivity index is 1.67. The number of para-hydroxylation sites is 1. The van der Waals surface area contributed by atoms with Crippen molar-refractivity contribution in [2.45, 2.75) is 18.8 Å². The number of rotatable bonds is 3. The fourth-order valence-electron chi connectivity index (χ4n) is 3.68. The van der Waals surface area contributed by atoms with Gasteiger partial charge in [0.2, 0.25) is 0 Å². The predicted octanol–water partition coefficient (Wildman–Crippen LogP) is 2.75. The number of nitrogens with zero attached hydrogens (tertiary/aromatic N) is 3. The minimum atomic E-state index is -0.489. The number of hydrogen-bond acceptors (Lipinski definition) is 4. The van der Waals surface area contributed by atoms with Gasteiger partial charge in [-0.1, -0.05) is 24.3 Å². The van der Waals surface area contributed by atoms with Gasteiger partial charge in [-0.05, 0) is 37.1 Å². The molecule has 0 spiro atoms. The van der Waals surface area contributed by atoms with Crippen LogP contribution >= 0.6 is 0 Å². The predicted molar refractivity (Wildman–Crippen MR) is 102 cm³/mol. The van der Waals surface area contributed by atoms with Gasteiger partial charge in [0.05, 0.1) is 16.8 Å². The quantitative estimate of drug-likeness (QED) is 0.778. The molecule has 2 aromatic heterocycles. The summed E-state index contributed by atoms with van der Waals surface area (Å²) >= 11 is 0. The van der Waals surface area contributed by atoms with E-state index < -0.39 is 5.91 Å². The third-order valence-corrected chi connectivity index (χ3v) is 5.00. The minimum Gasteiger partial charge on any atom is -0.366 e.